The van der Waals surface area contributed by atoms with Crippen molar-refractivity contribution in [1.29, 1.82) is 0 Å². The van der Waals surface area contributed by atoms with E-state index in [2.05, 4.69) is 289 Å². The number of benzene rings is 12. The van der Waals surface area contributed by atoms with E-state index < -0.39 is 0 Å². The van der Waals surface area contributed by atoms with Crippen LogP contribution >= 0.6 is 0 Å². The Morgan fingerprint density at radius 2 is 0.613 bits per heavy atom. The molecule has 0 atom stereocenters. The second-order valence-electron chi connectivity index (χ2n) is 19.2. The molecule has 14 rings (SSSR count). The fraction of sp³-hybridized carbons (Fsp3) is 0. The summed E-state index contributed by atoms with van der Waals surface area (Å²) in [5.74, 6) is 0. The molecule has 0 fully saturated rings. The van der Waals surface area contributed by atoms with Crippen LogP contribution in [0.3, 0.4) is 0 Å². The van der Waals surface area contributed by atoms with Crippen LogP contribution in [-0.4, -0.2) is 4.57 Å². The van der Waals surface area contributed by atoms with Crippen LogP contribution in [0.1, 0.15) is 0 Å². The molecule has 0 spiro atoms. The normalized spacial score (nSPS) is 11.5. The quantitative estimate of drug-likeness (QED) is 0.136. The molecule has 0 amide bonds. The van der Waals surface area contributed by atoms with Crippen molar-refractivity contribution in [2.24, 2.45) is 0 Å². The van der Waals surface area contributed by atoms with Crippen molar-refractivity contribution in [3.8, 4) is 72.4 Å². The molecule has 14 aromatic rings. The standard InChI is InChI=1S/C72H48N2O/c1-2-15-49(16-3-1)50-29-31-51(32-30-50)53-37-43-57(44-38-53)73(59-47-41-55(42-48-59)60-17-4-5-19-62(60)66-23-14-24-67-65-22-9-13-28-71(65)75-72(66)67)58-45-39-54(40-46-58)52-33-35-56(36-34-52)61-18-6-10-25-68(61)74-69-26-11-7-20-63(69)64-21-8-12-27-70(64)74/h1-48H. The van der Waals surface area contributed by atoms with E-state index in [1.165, 1.54) is 60.9 Å². The van der Waals surface area contributed by atoms with Gasteiger partial charge >= 0.3 is 0 Å². The fourth-order valence-corrected chi connectivity index (χ4v) is 11.2. The maximum atomic E-state index is 6.53. The van der Waals surface area contributed by atoms with Gasteiger partial charge in [0.1, 0.15) is 11.2 Å². The van der Waals surface area contributed by atoms with Crippen molar-refractivity contribution in [2.75, 3.05) is 4.90 Å². The number of hydrogen-bond donors (Lipinski definition) is 0. The van der Waals surface area contributed by atoms with E-state index in [-0.39, 0.29) is 0 Å². The Bertz CT molecular complexity index is 4300. The predicted octanol–water partition coefficient (Wildman–Crippen LogP) is 20.2. The Balaban J connectivity index is 0.801. The highest BCUT2D eigenvalue weighted by Crippen LogP contribution is 2.43. The SMILES string of the molecule is c1ccc(-c2ccc(-c3ccc(N(c4ccc(-c5ccc(-c6ccccc6-n6c7ccccc7c7ccccc76)cc5)cc4)c4ccc(-c5ccccc5-c5cccc6c5oc5ccccc56)cc4)cc3)cc2)cc1. The van der Waals surface area contributed by atoms with Gasteiger partial charge in [0.05, 0.1) is 16.7 Å². The topological polar surface area (TPSA) is 21.3 Å². The minimum atomic E-state index is 0.898. The maximum absolute atomic E-state index is 6.53. The lowest BCUT2D eigenvalue weighted by atomic mass is 9.93. The highest BCUT2D eigenvalue weighted by atomic mass is 16.3. The maximum Gasteiger partial charge on any atom is 0.143 e. The molecule has 0 aliphatic carbocycles. The first-order chi connectivity index (χ1) is 37.2. The summed E-state index contributed by atoms with van der Waals surface area (Å²) in [5, 5.41) is 4.77. The van der Waals surface area contributed by atoms with Crippen molar-refractivity contribution >= 4 is 60.8 Å². The lowest BCUT2D eigenvalue weighted by Crippen LogP contribution is -2.09. The second-order valence-corrected chi connectivity index (χ2v) is 19.2. The molecule has 3 heteroatoms. The molecule has 75 heavy (non-hydrogen) atoms. The van der Waals surface area contributed by atoms with Crippen LogP contribution in [-0.2, 0) is 0 Å². The third kappa shape index (κ3) is 7.86. The molecule has 3 nitrogen and oxygen atoms in total. The summed E-state index contributed by atoms with van der Waals surface area (Å²) < 4.78 is 8.94. The molecule has 12 aromatic carbocycles. The molecule has 0 saturated carbocycles. The van der Waals surface area contributed by atoms with Crippen LogP contribution in [0.4, 0.5) is 17.1 Å². The average Bonchev–Trinajstić information content (AvgIpc) is 4.05. The number of fused-ring (bicyclic) bond motifs is 6. The number of anilines is 3. The van der Waals surface area contributed by atoms with E-state index in [1.54, 1.807) is 0 Å². The lowest BCUT2D eigenvalue weighted by Gasteiger charge is -2.26. The van der Waals surface area contributed by atoms with Crippen molar-refractivity contribution in [3.05, 3.63) is 291 Å². The number of rotatable bonds is 10. The molecule has 0 bridgehead atoms. The van der Waals surface area contributed by atoms with Gasteiger partial charge in [-0.25, -0.2) is 0 Å². The van der Waals surface area contributed by atoms with Gasteiger partial charge in [0.25, 0.3) is 0 Å². The zero-order chi connectivity index (χ0) is 49.7. The summed E-state index contributed by atoms with van der Waals surface area (Å²) in [6.07, 6.45) is 0. The van der Waals surface area contributed by atoms with Crippen molar-refractivity contribution in [3.63, 3.8) is 0 Å². The molecule has 2 heterocycles. The zero-order valence-corrected chi connectivity index (χ0v) is 41.0. The van der Waals surface area contributed by atoms with Crippen molar-refractivity contribution < 1.29 is 4.42 Å². The average molecular weight is 957 g/mol. The van der Waals surface area contributed by atoms with Gasteiger partial charge in [0.2, 0.25) is 0 Å². The van der Waals surface area contributed by atoms with Crippen molar-refractivity contribution in [1.82, 2.24) is 4.57 Å². The number of para-hydroxylation sites is 5. The Labute approximate surface area is 436 Å². The second kappa shape index (κ2) is 18.6. The van der Waals surface area contributed by atoms with E-state index in [4.69, 9.17) is 4.42 Å². The van der Waals surface area contributed by atoms with Gasteiger partial charge in [-0.3, -0.25) is 0 Å². The highest BCUT2D eigenvalue weighted by molar-refractivity contribution is 6.11. The van der Waals surface area contributed by atoms with Gasteiger partial charge in [-0.1, -0.05) is 231 Å². The minimum Gasteiger partial charge on any atom is -0.455 e. The predicted molar refractivity (Wildman–Crippen MR) is 315 cm³/mol. The largest absolute Gasteiger partial charge is 0.455 e. The van der Waals surface area contributed by atoms with Gasteiger partial charge in [0.15, 0.2) is 0 Å². The molecular formula is C72H48N2O. The summed E-state index contributed by atoms with van der Waals surface area (Å²) in [6.45, 7) is 0. The highest BCUT2D eigenvalue weighted by Gasteiger charge is 2.19. The molecule has 2 aromatic heterocycles. The summed E-state index contributed by atoms with van der Waals surface area (Å²) in [5.41, 5.74) is 22.5. The van der Waals surface area contributed by atoms with Gasteiger partial charge in [-0.2, -0.15) is 0 Å². The van der Waals surface area contributed by atoms with Crippen LogP contribution in [0.2, 0.25) is 0 Å². The van der Waals surface area contributed by atoms with Gasteiger partial charge in [0, 0.05) is 49.7 Å². The lowest BCUT2D eigenvalue weighted by molar-refractivity contribution is 0.670. The third-order valence-corrected chi connectivity index (χ3v) is 14.9. The Morgan fingerprint density at radius 1 is 0.240 bits per heavy atom. The smallest absolute Gasteiger partial charge is 0.143 e. The summed E-state index contributed by atoms with van der Waals surface area (Å²) >= 11 is 0. The number of aromatic nitrogens is 1. The number of nitrogens with zero attached hydrogens (tertiary/aromatic N) is 2. The first kappa shape index (κ1) is 43.8. The van der Waals surface area contributed by atoms with E-state index in [9.17, 15) is 0 Å². The summed E-state index contributed by atoms with van der Waals surface area (Å²) in [6, 6.07) is 105. The Hall–Kier alpha value is -9.96. The van der Waals surface area contributed by atoms with Gasteiger partial charge in [-0.15, -0.1) is 0 Å². The molecule has 0 radical (unpaired) electrons. The van der Waals surface area contributed by atoms with Crippen LogP contribution in [0.5, 0.6) is 0 Å². The summed E-state index contributed by atoms with van der Waals surface area (Å²) in [4.78, 5) is 2.35. The van der Waals surface area contributed by atoms with Crippen molar-refractivity contribution in [2.45, 2.75) is 0 Å². The molecule has 352 valence electrons. The molecular weight excluding hydrogens is 909 g/mol. The molecule has 0 aliphatic rings. The first-order valence-corrected chi connectivity index (χ1v) is 25.6. The van der Waals surface area contributed by atoms with E-state index in [0.717, 1.165) is 72.4 Å². The minimum absolute atomic E-state index is 0.898. The van der Waals surface area contributed by atoms with E-state index in [0.29, 0.717) is 0 Å². The monoisotopic (exact) mass is 956 g/mol. The van der Waals surface area contributed by atoms with E-state index >= 15 is 0 Å². The Morgan fingerprint density at radius 3 is 1.19 bits per heavy atom. The van der Waals surface area contributed by atoms with Crippen LogP contribution in [0, 0.1) is 0 Å². The van der Waals surface area contributed by atoms with E-state index in [1.807, 2.05) is 12.1 Å². The fourth-order valence-electron chi connectivity index (χ4n) is 11.2. The van der Waals surface area contributed by atoms with Crippen LogP contribution < -0.4 is 4.90 Å². The van der Waals surface area contributed by atoms with Crippen LogP contribution in [0.25, 0.3) is 116 Å². The molecule has 0 saturated heterocycles. The van der Waals surface area contributed by atoms with Crippen LogP contribution in [0.15, 0.2) is 296 Å². The zero-order valence-electron chi connectivity index (χ0n) is 41.0. The molecule has 0 aliphatic heterocycles. The van der Waals surface area contributed by atoms with Gasteiger partial charge < -0.3 is 13.9 Å². The Kier molecular flexibility index (Phi) is 10.8. The number of furan rings is 1. The molecule has 0 unspecified atom stereocenters. The van der Waals surface area contributed by atoms with Gasteiger partial charge in [-0.05, 0) is 116 Å². The molecule has 0 N–H and O–H groups in total. The third-order valence-electron chi connectivity index (χ3n) is 14.9. The first-order valence-electron chi connectivity index (χ1n) is 25.6. The number of hydrogen-bond acceptors (Lipinski definition) is 2. The summed E-state index contributed by atoms with van der Waals surface area (Å²) in [7, 11) is 0.